The summed E-state index contributed by atoms with van der Waals surface area (Å²) < 4.78 is 14.6. The maximum atomic E-state index is 12.9. The molecule has 0 fully saturated rings. The van der Waals surface area contributed by atoms with E-state index in [1.54, 1.807) is 29.8 Å². The molecule has 0 saturated carbocycles. The Morgan fingerprint density at radius 3 is 2.50 bits per heavy atom. The van der Waals surface area contributed by atoms with Crippen LogP contribution in [0.3, 0.4) is 0 Å². The van der Waals surface area contributed by atoms with Crippen molar-refractivity contribution in [2.45, 2.75) is 6.42 Å². The van der Waals surface area contributed by atoms with Gasteiger partial charge in [-0.15, -0.1) is 0 Å². The predicted molar refractivity (Wildman–Crippen MR) is 78.4 cm³/mol. The molecule has 0 aliphatic carbocycles. The zero-order chi connectivity index (χ0) is 14.1. The highest BCUT2D eigenvalue weighted by molar-refractivity contribution is 5.82. The summed E-state index contributed by atoms with van der Waals surface area (Å²) in [5.41, 5.74) is 2.85. The average Bonchev–Trinajstić information content (AvgIpc) is 2.47. The van der Waals surface area contributed by atoms with Crippen LogP contribution in [0.2, 0.25) is 0 Å². The lowest BCUT2D eigenvalue weighted by molar-refractivity contribution is 0.627. The summed E-state index contributed by atoms with van der Waals surface area (Å²) in [5, 5.41) is 1.05. The van der Waals surface area contributed by atoms with Crippen LogP contribution in [0.25, 0.3) is 10.9 Å². The van der Waals surface area contributed by atoms with Gasteiger partial charge in [0.15, 0.2) is 0 Å². The summed E-state index contributed by atoms with van der Waals surface area (Å²) in [5.74, 6) is -0.248. The molecule has 2 aromatic carbocycles. The third kappa shape index (κ3) is 2.23. The Kier molecular flexibility index (Phi) is 3.11. The van der Waals surface area contributed by atoms with Crippen molar-refractivity contribution in [2.24, 2.45) is 7.05 Å². The fraction of sp³-hybridized carbons (Fsp3) is 0.118. The van der Waals surface area contributed by atoms with Crippen molar-refractivity contribution in [3.8, 4) is 0 Å². The third-order valence-corrected chi connectivity index (χ3v) is 3.55. The Morgan fingerprint density at radius 1 is 1.05 bits per heavy atom. The van der Waals surface area contributed by atoms with Crippen LogP contribution in [0, 0.1) is 5.82 Å². The molecule has 3 heteroatoms. The smallest absolute Gasteiger partial charge is 0.251 e. The maximum absolute atomic E-state index is 12.9. The van der Waals surface area contributed by atoms with Crippen LogP contribution in [-0.2, 0) is 13.5 Å². The van der Waals surface area contributed by atoms with Crippen LogP contribution in [-0.4, -0.2) is 4.57 Å². The number of pyridine rings is 1. The first-order valence-corrected chi connectivity index (χ1v) is 6.47. The zero-order valence-electron chi connectivity index (χ0n) is 11.1. The number of hydrogen-bond acceptors (Lipinski definition) is 1. The van der Waals surface area contributed by atoms with Crippen molar-refractivity contribution in [3.05, 3.63) is 81.9 Å². The first-order valence-electron chi connectivity index (χ1n) is 6.47. The molecule has 0 bridgehead atoms. The Hall–Kier alpha value is -2.42. The van der Waals surface area contributed by atoms with Crippen molar-refractivity contribution < 1.29 is 4.39 Å². The molecule has 0 amide bonds. The average molecular weight is 267 g/mol. The normalized spacial score (nSPS) is 10.9. The number of aryl methyl sites for hydroxylation is 1. The monoisotopic (exact) mass is 267 g/mol. The molecule has 3 aromatic rings. The van der Waals surface area contributed by atoms with Crippen molar-refractivity contribution in [2.75, 3.05) is 0 Å². The van der Waals surface area contributed by atoms with Crippen LogP contribution in [0.15, 0.2) is 59.4 Å². The van der Waals surface area contributed by atoms with Gasteiger partial charge in [-0.3, -0.25) is 4.79 Å². The highest BCUT2D eigenvalue weighted by Crippen LogP contribution is 2.19. The molecule has 0 N–H and O–H groups in total. The zero-order valence-corrected chi connectivity index (χ0v) is 11.1. The molecule has 0 atom stereocenters. The summed E-state index contributed by atoms with van der Waals surface area (Å²) >= 11 is 0. The number of aromatic nitrogens is 1. The molecule has 0 saturated heterocycles. The number of benzene rings is 2. The maximum Gasteiger partial charge on any atom is 0.251 e. The second kappa shape index (κ2) is 4.93. The summed E-state index contributed by atoms with van der Waals surface area (Å²) in [6.07, 6.45) is 0.622. The van der Waals surface area contributed by atoms with E-state index in [4.69, 9.17) is 0 Å². The van der Waals surface area contributed by atoms with Gasteiger partial charge >= 0.3 is 0 Å². The van der Waals surface area contributed by atoms with Crippen LogP contribution in [0.5, 0.6) is 0 Å². The van der Waals surface area contributed by atoms with E-state index in [1.807, 2.05) is 24.3 Å². The molecule has 20 heavy (non-hydrogen) atoms. The number of hydrogen-bond donors (Lipinski definition) is 0. The Morgan fingerprint density at radius 2 is 1.75 bits per heavy atom. The van der Waals surface area contributed by atoms with Gasteiger partial charge in [0.25, 0.3) is 5.56 Å². The van der Waals surface area contributed by atoms with E-state index in [0.717, 1.165) is 22.0 Å². The second-order valence-electron chi connectivity index (χ2n) is 4.89. The van der Waals surface area contributed by atoms with E-state index in [2.05, 4.69) is 0 Å². The number of nitrogens with zero attached hydrogens (tertiary/aromatic N) is 1. The number of para-hydroxylation sites is 1. The lowest BCUT2D eigenvalue weighted by Gasteiger charge is -2.10. The molecule has 1 heterocycles. The first-order chi connectivity index (χ1) is 9.65. The fourth-order valence-corrected chi connectivity index (χ4v) is 2.45. The summed E-state index contributed by atoms with van der Waals surface area (Å²) in [4.78, 5) is 12.0. The highest BCUT2D eigenvalue weighted by Gasteiger charge is 2.07. The molecule has 0 aliphatic heterocycles. The van der Waals surface area contributed by atoms with Gasteiger partial charge in [0.1, 0.15) is 5.82 Å². The van der Waals surface area contributed by atoms with Gasteiger partial charge in [-0.25, -0.2) is 4.39 Å². The molecular weight excluding hydrogens is 253 g/mol. The van der Waals surface area contributed by atoms with E-state index >= 15 is 0 Å². The molecule has 0 aliphatic rings. The molecule has 3 rings (SSSR count). The highest BCUT2D eigenvalue weighted by atomic mass is 19.1. The fourth-order valence-electron chi connectivity index (χ4n) is 2.45. The Balaban J connectivity index is 2.14. The van der Waals surface area contributed by atoms with Gasteiger partial charge in [-0.1, -0.05) is 30.3 Å². The molecule has 100 valence electrons. The van der Waals surface area contributed by atoms with Crippen molar-refractivity contribution >= 4 is 10.9 Å². The largest absolute Gasteiger partial charge is 0.311 e. The predicted octanol–water partition coefficient (Wildman–Crippen LogP) is 3.27. The van der Waals surface area contributed by atoms with Crippen LogP contribution >= 0.6 is 0 Å². The molecule has 2 nitrogen and oxygen atoms in total. The molecule has 0 radical (unpaired) electrons. The van der Waals surface area contributed by atoms with E-state index in [1.165, 1.54) is 12.1 Å². The van der Waals surface area contributed by atoms with Crippen molar-refractivity contribution in [1.29, 1.82) is 0 Å². The van der Waals surface area contributed by atoms with Crippen molar-refractivity contribution in [1.82, 2.24) is 4.57 Å². The quantitative estimate of drug-likeness (QED) is 0.698. The Bertz CT molecular complexity index is 819. The molecular formula is C17H14FNO. The lowest BCUT2D eigenvalue weighted by Crippen LogP contribution is -2.17. The number of fused-ring (bicyclic) bond motifs is 1. The summed E-state index contributed by atoms with van der Waals surface area (Å²) in [7, 11) is 1.77. The standard InChI is InChI=1S/C17H14FNO/c1-19-16-5-3-2-4-15(16)13(11-17(19)20)10-12-6-8-14(18)9-7-12/h2-9,11H,10H2,1H3. The molecule has 1 aromatic heterocycles. The minimum atomic E-state index is -0.248. The van der Waals surface area contributed by atoms with Crippen LogP contribution in [0.1, 0.15) is 11.1 Å². The SMILES string of the molecule is Cn1c(=O)cc(Cc2ccc(F)cc2)c2ccccc21. The van der Waals surface area contributed by atoms with Gasteiger partial charge in [-0.2, -0.15) is 0 Å². The molecule has 0 spiro atoms. The number of halogens is 1. The first kappa shape index (κ1) is 12.6. The topological polar surface area (TPSA) is 22.0 Å². The second-order valence-corrected chi connectivity index (χ2v) is 4.89. The van der Waals surface area contributed by atoms with Gasteiger partial charge in [0, 0.05) is 18.5 Å². The van der Waals surface area contributed by atoms with E-state index < -0.39 is 0 Å². The Labute approximate surface area is 116 Å². The summed E-state index contributed by atoms with van der Waals surface area (Å²) in [6, 6.07) is 15.9. The van der Waals surface area contributed by atoms with Gasteiger partial charge in [0.2, 0.25) is 0 Å². The van der Waals surface area contributed by atoms with Gasteiger partial charge in [0.05, 0.1) is 5.52 Å². The van der Waals surface area contributed by atoms with E-state index in [9.17, 15) is 9.18 Å². The van der Waals surface area contributed by atoms with Gasteiger partial charge < -0.3 is 4.57 Å². The van der Waals surface area contributed by atoms with Crippen LogP contribution < -0.4 is 5.56 Å². The van der Waals surface area contributed by atoms with E-state index in [-0.39, 0.29) is 11.4 Å². The number of rotatable bonds is 2. The third-order valence-electron chi connectivity index (χ3n) is 3.55. The summed E-state index contributed by atoms with van der Waals surface area (Å²) in [6.45, 7) is 0. The minimum absolute atomic E-state index is 0.0270. The van der Waals surface area contributed by atoms with Crippen LogP contribution in [0.4, 0.5) is 4.39 Å². The minimum Gasteiger partial charge on any atom is -0.311 e. The van der Waals surface area contributed by atoms with E-state index in [0.29, 0.717) is 6.42 Å². The lowest BCUT2D eigenvalue weighted by atomic mass is 10.0. The van der Waals surface area contributed by atoms with Crippen molar-refractivity contribution in [3.63, 3.8) is 0 Å². The molecule has 0 unspecified atom stereocenters. The van der Waals surface area contributed by atoms with Gasteiger partial charge in [-0.05, 0) is 35.7 Å².